The summed E-state index contributed by atoms with van der Waals surface area (Å²) >= 11 is 0. The third-order valence-electron chi connectivity index (χ3n) is 4.12. The van der Waals surface area contributed by atoms with E-state index in [1.807, 2.05) is 0 Å². The molecule has 0 bridgehead atoms. The van der Waals surface area contributed by atoms with E-state index in [1.54, 1.807) is 0 Å². The fraction of sp³-hybridized carbons (Fsp3) is 1.00. The fourth-order valence-corrected chi connectivity index (χ4v) is 3.02. The van der Waals surface area contributed by atoms with Gasteiger partial charge in [0.25, 0.3) is 0 Å². The average molecular weight is 226 g/mol. The standard InChI is InChI=1S/C13H26N2O/c1-11(2)14-6-4-13(5-7-14)15-8-9-16-10-12(15)3/h11-13H,4-10H2,1-3H3. The zero-order valence-electron chi connectivity index (χ0n) is 11.0. The van der Waals surface area contributed by atoms with Crippen LogP contribution in [0, 0.1) is 0 Å². The Kier molecular flexibility index (Phi) is 4.22. The van der Waals surface area contributed by atoms with Crippen molar-refractivity contribution in [2.75, 3.05) is 32.8 Å². The molecule has 2 saturated heterocycles. The number of hydrogen-bond donors (Lipinski definition) is 0. The third-order valence-corrected chi connectivity index (χ3v) is 4.12. The van der Waals surface area contributed by atoms with Crippen molar-refractivity contribution in [3.8, 4) is 0 Å². The molecule has 0 aliphatic carbocycles. The molecule has 2 fully saturated rings. The van der Waals surface area contributed by atoms with Crippen LogP contribution in [0.2, 0.25) is 0 Å². The van der Waals surface area contributed by atoms with Crippen molar-refractivity contribution in [3.05, 3.63) is 0 Å². The van der Waals surface area contributed by atoms with Gasteiger partial charge in [-0.3, -0.25) is 4.90 Å². The van der Waals surface area contributed by atoms with Gasteiger partial charge in [-0.1, -0.05) is 0 Å². The molecule has 1 unspecified atom stereocenters. The first kappa shape index (κ1) is 12.3. The van der Waals surface area contributed by atoms with E-state index in [0.717, 1.165) is 25.8 Å². The molecule has 0 aromatic rings. The van der Waals surface area contributed by atoms with Gasteiger partial charge in [0.05, 0.1) is 13.2 Å². The summed E-state index contributed by atoms with van der Waals surface area (Å²) in [4.78, 5) is 5.27. The Balaban J connectivity index is 1.83. The van der Waals surface area contributed by atoms with Crippen molar-refractivity contribution in [2.24, 2.45) is 0 Å². The molecule has 0 N–H and O–H groups in total. The van der Waals surface area contributed by atoms with E-state index in [9.17, 15) is 0 Å². The fourth-order valence-electron chi connectivity index (χ4n) is 3.02. The summed E-state index contributed by atoms with van der Waals surface area (Å²) < 4.78 is 5.51. The van der Waals surface area contributed by atoms with Crippen LogP contribution in [0.5, 0.6) is 0 Å². The highest BCUT2D eigenvalue weighted by molar-refractivity contribution is 4.85. The number of hydrogen-bond acceptors (Lipinski definition) is 3. The van der Waals surface area contributed by atoms with E-state index in [4.69, 9.17) is 4.74 Å². The number of nitrogens with zero attached hydrogens (tertiary/aromatic N) is 2. The minimum Gasteiger partial charge on any atom is -0.379 e. The van der Waals surface area contributed by atoms with Gasteiger partial charge in [0, 0.05) is 24.7 Å². The van der Waals surface area contributed by atoms with E-state index >= 15 is 0 Å². The normalized spacial score (nSPS) is 31.1. The predicted molar refractivity (Wildman–Crippen MR) is 66.7 cm³/mol. The molecule has 2 heterocycles. The lowest BCUT2D eigenvalue weighted by molar-refractivity contribution is -0.0367. The zero-order valence-corrected chi connectivity index (χ0v) is 11.0. The van der Waals surface area contributed by atoms with Crippen molar-refractivity contribution in [3.63, 3.8) is 0 Å². The number of likely N-dealkylation sites (tertiary alicyclic amines) is 1. The van der Waals surface area contributed by atoms with Crippen LogP contribution in [0.3, 0.4) is 0 Å². The topological polar surface area (TPSA) is 15.7 Å². The SMILES string of the molecule is CC(C)N1CCC(N2CCOCC2C)CC1. The van der Waals surface area contributed by atoms with E-state index in [2.05, 4.69) is 30.6 Å². The van der Waals surface area contributed by atoms with Gasteiger partial charge in [-0.15, -0.1) is 0 Å². The Hall–Kier alpha value is -0.120. The molecular formula is C13H26N2O. The maximum atomic E-state index is 5.51. The van der Waals surface area contributed by atoms with Gasteiger partial charge >= 0.3 is 0 Å². The molecule has 2 aliphatic heterocycles. The lowest BCUT2D eigenvalue weighted by Gasteiger charge is -2.44. The second-order valence-corrected chi connectivity index (χ2v) is 5.52. The molecule has 2 rings (SSSR count). The molecule has 0 amide bonds. The second-order valence-electron chi connectivity index (χ2n) is 5.52. The Bertz CT molecular complexity index is 212. The van der Waals surface area contributed by atoms with Crippen LogP contribution < -0.4 is 0 Å². The minimum absolute atomic E-state index is 0.615. The lowest BCUT2D eigenvalue weighted by Crippen LogP contribution is -2.53. The molecule has 2 aliphatic rings. The Labute approximate surface area is 99.7 Å². The molecule has 3 heteroatoms. The monoisotopic (exact) mass is 226 g/mol. The molecule has 16 heavy (non-hydrogen) atoms. The molecule has 0 spiro atoms. The van der Waals surface area contributed by atoms with Gasteiger partial charge in [0.2, 0.25) is 0 Å². The first-order valence-electron chi connectivity index (χ1n) is 6.76. The summed E-state index contributed by atoms with van der Waals surface area (Å²) in [5.41, 5.74) is 0. The molecule has 0 radical (unpaired) electrons. The van der Waals surface area contributed by atoms with Crippen molar-refractivity contribution >= 4 is 0 Å². The summed E-state index contributed by atoms with van der Waals surface area (Å²) in [5.74, 6) is 0. The maximum absolute atomic E-state index is 5.51. The largest absolute Gasteiger partial charge is 0.379 e. The summed E-state index contributed by atoms with van der Waals surface area (Å²) in [6, 6.07) is 2.13. The van der Waals surface area contributed by atoms with Crippen LogP contribution in [-0.2, 0) is 4.74 Å². The summed E-state index contributed by atoms with van der Waals surface area (Å²) in [7, 11) is 0. The minimum atomic E-state index is 0.615. The van der Waals surface area contributed by atoms with E-state index in [-0.39, 0.29) is 0 Å². The molecule has 3 nitrogen and oxygen atoms in total. The number of morpholine rings is 1. The zero-order chi connectivity index (χ0) is 11.5. The molecule has 0 aromatic heterocycles. The summed E-state index contributed by atoms with van der Waals surface area (Å²) in [6.07, 6.45) is 2.67. The highest BCUT2D eigenvalue weighted by atomic mass is 16.5. The third kappa shape index (κ3) is 2.76. The molecular weight excluding hydrogens is 200 g/mol. The maximum Gasteiger partial charge on any atom is 0.0619 e. The van der Waals surface area contributed by atoms with Crippen LogP contribution in [0.1, 0.15) is 33.6 Å². The first-order valence-corrected chi connectivity index (χ1v) is 6.76. The van der Waals surface area contributed by atoms with Crippen LogP contribution in [-0.4, -0.2) is 60.8 Å². The second kappa shape index (κ2) is 5.48. The van der Waals surface area contributed by atoms with Gasteiger partial charge in [0.15, 0.2) is 0 Å². The van der Waals surface area contributed by atoms with E-state index in [1.165, 1.54) is 25.9 Å². The van der Waals surface area contributed by atoms with Gasteiger partial charge < -0.3 is 9.64 Å². The number of rotatable bonds is 2. The van der Waals surface area contributed by atoms with Crippen molar-refractivity contribution in [1.29, 1.82) is 0 Å². The van der Waals surface area contributed by atoms with Crippen LogP contribution in [0.4, 0.5) is 0 Å². The molecule has 1 atom stereocenters. The van der Waals surface area contributed by atoms with Crippen LogP contribution in [0.25, 0.3) is 0 Å². The quantitative estimate of drug-likeness (QED) is 0.711. The van der Waals surface area contributed by atoms with Gasteiger partial charge in [-0.05, 0) is 46.7 Å². The van der Waals surface area contributed by atoms with E-state index in [0.29, 0.717) is 12.1 Å². The van der Waals surface area contributed by atoms with E-state index < -0.39 is 0 Å². The Morgan fingerprint density at radius 1 is 1.12 bits per heavy atom. The van der Waals surface area contributed by atoms with Gasteiger partial charge in [-0.25, -0.2) is 0 Å². The lowest BCUT2D eigenvalue weighted by atomic mass is 10.00. The van der Waals surface area contributed by atoms with Gasteiger partial charge in [0.1, 0.15) is 0 Å². The van der Waals surface area contributed by atoms with Crippen molar-refractivity contribution in [2.45, 2.75) is 51.7 Å². The molecule has 0 saturated carbocycles. The van der Waals surface area contributed by atoms with Crippen molar-refractivity contribution < 1.29 is 4.74 Å². The van der Waals surface area contributed by atoms with Crippen molar-refractivity contribution in [1.82, 2.24) is 9.80 Å². The Morgan fingerprint density at radius 3 is 2.38 bits per heavy atom. The smallest absolute Gasteiger partial charge is 0.0619 e. The average Bonchev–Trinajstić information content (AvgIpc) is 2.30. The van der Waals surface area contributed by atoms with Gasteiger partial charge in [-0.2, -0.15) is 0 Å². The Morgan fingerprint density at radius 2 is 1.81 bits per heavy atom. The number of ether oxygens (including phenoxy) is 1. The van der Waals surface area contributed by atoms with Crippen LogP contribution in [0.15, 0.2) is 0 Å². The summed E-state index contributed by atoms with van der Waals surface area (Å²) in [6.45, 7) is 12.4. The summed E-state index contributed by atoms with van der Waals surface area (Å²) in [5, 5.41) is 0. The molecule has 94 valence electrons. The highest BCUT2D eigenvalue weighted by Crippen LogP contribution is 2.21. The first-order chi connectivity index (χ1) is 7.68. The predicted octanol–water partition coefficient (Wildman–Crippen LogP) is 1.58. The van der Waals surface area contributed by atoms with Crippen LogP contribution >= 0.6 is 0 Å². The number of piperidine rings is 1. The molecule has 0 aromatic carbocycles. The highest BCUT2D eigenvalue weighted by Gasteiger charge is 2.29.